The van der Waals surface area contributed by atoms with Crippen molar-refractivity contribution in [3.8, 4) is 11.5 Å². The average molecular weight is 303 g/mol. The van der Waals surface area contributed by atoms with Gasteiger partial charge in [-0.15, -0.1) is 11.8 Å². The zero-order valence-electron chi connectivity index (χ0n) is 12.5. The molecule has 2 aromatic rings. The summed E-state index contributed by atoms with van der Waals surface area (Å²) in [6, 6.07) is 14.1. The number of hydrogen-bond donors (Lipinski definition) is 1. The Morgan fingerprint density at radius 1 is 1.10 bits per heavy atom. The van der Waals surface area contributed by atoms with E-state index in [-0.39, 0.29) is 0 Å². The Morgan fingerprint density at radius 3 is 2.48 bits per heavy atom. The Morgan fingerprint density at radius 2 is 1.86 bits per heavy atom. The maximum atomic E-state index is 5.98. The van der Waals surface area contributed by atoms with E-state index in [1.54, 1.807) is 18.9 Å². The third-order valence-corrected chi connectivity index (χ3v) is 4.08. The summed E-state index contributed by atoms with van der Waals surface area (Å²) in [7, 11) is 1.71. The summed E-state index contributed by atoms with van der Waals surface area (Å²) in [4.78, 5) is 1.16. The molecular weight excluding hydrogens is 282 g/mol. The maximum Gasteiger partial charge on any atom is 0.133 e. The van der Waals surface area contributed by atoms with Crippen LogP contribution in [0.1, 0.15) is 11.1 Å². The highest BCUT2D eigenvalue weighted by Crippen LogP contribution is 2.31. The number of nitrogens with two attached hydrogens (primary N) is 1. The van der Waals surface area contributed by atoms with Gasteiger partial charge in [0.05, 0.1) is 6.61 Å². The van der Waals surface area contributed by atoms with Gasteiger partial charge in [0.15, 0.2) is 0 Å². The van der Waals surface area contributed by atoms with Crippen LogP contribution in [0.2, 0.25) is 0 Å². The lowest BCUT2D eigenvalue weighted by atomic mass is 10.1. The fourth-order valence-corrected chi connectivity index (χ4v) is 2.75. The van der Waals surface area contributed by atoms with Gasteiger partial charge in [-0.1, -0.05) is 18.2 Å². The zero-order valence-corrected chi connectivity index (χ0v) is 13.3. The standard InChI is InChI=1S/C17H21NO2S/c1-19-11-10-13-6-8-14(9-7-13)20-16-4-3-5-17(21-2)15(16)12-18/h3-9H,10-12,18H2,1-2H3. The second-order valence-electron chi connectivity index (χ2n) is 4.63. The van der Waals surface area contributed by atoms with E-state index in [1.165, 1.54) is 5.56 Å². The smallest absolute Gasteiger partial charge is 0.133 e. The molecule has 0 atom stereocenters. The second kappa shape index (κ2) is 8.08. The van der Waals surface area contributed by atoms with E-state index in [0.29, 0.717) is 6.54 Å². The van der Waals surface area contributed by atoms with Gasteiger partial charge in [0.2, 0.25) is 0 Å². The van der Waals surface area contributed by atoms with Crippen LogP contribution in [0.3, 0.4) is 0 Å². The minimum absolute atomic E-state index is 0.471. The van der Waals surface area contributed by atoms with E-state index in [0.717, 1.165) is 35.0 Å². The number of methoxy groups -OCH3 is 1. The summed E-state index contributed by atoms with van der Waals surface area (Å²) in [5.41, 5.74) is 8.14. The van der Waals surface area contributed by atoms with E-state index >= 15 is 0 Å². The van der Waals surface area contributed by atoms with Gasteiger partial charge in [-0.25, -0.2) is 0 Å². The van der Waals surface area contributed by atoms with Gasteiger partial charge in [0, 0.05) is 24.1 Å². The molecule has 0 spiro atoms. The molecule has 4 heteroatoms. The summed E-state index contributed by atoms with van der Waals surface area (Å²) < 4.78 is 11.1. The van der Waals surface area contributed by atoms with Crippen LogP contribution in [0.25, 0.3) is 0 Å². The van der Waals surface area contributed by atoms with Crippen molar-refractivity contribution in [3.63, 3.8) is 0 Å². The topological polar surface area (TPSA) is 44.5 Å². The van der Waals surface area contributed by atoms with Crippen LogP contribution in [0.4, 0.5) is 0 Å². The van der Waals surface area contributed by atoms with Crippen LogP contribution in [0.5, 0.6) is 11.5 Å². The fourth-order valence-electron chi connectivity index (χ4n) is 2.10. The van der Waals surface area contributed by atoms with Crippen LogP contribution in [-0.2, 0) is 17.7 Å². The molecule has 0 aromatic heterocycles. The lowest BCUT2D eigenvalue weighted by Crippen LogP contribution is -2.01. The van der Waals surface area contributed by atoms with E-state index in [9.17, 15) is 0 Å². The highest BCUT2D eigenvalue weighted by molar-refractivity contribution is 7.98. The van der Waals surface area contributed by atoms with Gasteiger partial charge in [0.25, 0.3) is 0 Å². The molecule has 2 rings (SSSR count). The van der Waals surface area contributed by atoms with Crippen molar-refractivity contribution in [1.29, 1.82) is 0 Å². The highest BCUT2D eigenvalue weighted by atomic mass is 32.2. The number of thioether (sulfide) groups is 1. The first-order chi connectivity index (χ1) is 10.3. The second-order valence-corrected chi connectivity index (χ2v) is 5.48. The van der Waals surface area contributed by atoms with Crippen molar-refractivity contribution in [3.05, 3.63) is 53.6 Å². The molecular formula is C17H21NO2S. The number of benzene rings is 2. The SMILES string of the molecule is COCCc1ccc(Oc2cccc(SC)c2CN)cc1. The molecule has 0 aliphatic heterocycles. The molecule has 3 nitrogen and oxygen atoms in total. The molecule has 2 aromatic carbocycles. The van der Waals surface area contributed by atoms with Gasteiger partial charge in [-0.3, -0.25) is 0 Å². The molecule has 112 valence electrons. The lowest BCUT2D eigenvalue weighted by Gasteiger charge is -2.13. The normalized spacial score (nSPS) is 10.6. The summed E-state index contributed by atoms with van der Waals surface area (Å²) in [5, 5.41) is 0. The number of hydrogen-bond acceptors (Lipinski definition) is 4. The predicted octanol–water partition coefficient (Wildman–Crippen LogP) is 3.85. The van der Waals surface area contributed by atoms with Crippen LogP contribution in [0, 0.1) is 0 Å². The Hall–Kier alpha value is -1.49. The molecule has 2 N–H and O–H groups in total. The van der Waals surface area contributed by atoms with Crippen LogP contribution in [-0.4, -0.2) is 20.0 Å². The maximum absolute atomic E-state index is 5.98. The Bertz CT molecular complexity index is 570. The van der Waals surface area contributed by atoms with Crippen LogP contribution < -0.4 is 10.5 Å². The van der Waals surface area contributed by atoms with Crippen molar-refractivity contribution in [2.24, 2.45) is 5.73 Å². The lowest BCUT2D eigenvalue weighted by molar-refractivity contribution is 0.202. The third-order valence-electron chi connectivity index (χ3n) is 3.26. The molecule has 0 amide bonds. The first kappa shape index (κ1) is 15.9. The molecule has 0 fully saturated rings. The minimum atomic E-state index is 0.471. The molecule has 0 aliphatic rings. The summed E-state index contributed by atoms with van der Waals surface area (Å²) >= 11 is 1.68. The summed E-state index contributed by atoms with van der Waals surface area (Å²) in [5.74, 6) is 1.65. The van der Waals surface area contributed by atoms with Crippen molar-refractivity contribution in [2.45, 2.75) is 17.9 Å². The van der Waals surface area contributed by atoms with Gasteiger partial charge in [-0.2, -0.15) is 0 Å². The molecule has 0 bridgehead atoms. The first-order valence-electron chi connectivity index (χ1n) is 6.90. The Kier molecular flexibility index (Phi) is 6.11. The highest BCUT2D eigenvalue weighted by Gasteiger charge is 2.08. The molecule has 0 radical (unpaired) electrons. The van der Waals surface area contributed by atoms with Gasteiger partial charge in [-0.05, 0) is 42.5 Å². The van der Waals surface area contributed by atoms with Crippen LogP contribution >= 0.6 is 11.8 Å². The largest absolute Gasteiger partial charge is 0.457 e. The first-order valence-corrected chi connectivity index (χ1v) is 8.12. The molecule has 0 heterocycles. The van der Waals surface area contributed by atoms with E-state index in [1.807, 2.05) is 30.5 Å². The average Bonchev–Trinajstić information content (AvgIpc) is 2.54. The van der Waals surface area contributed by atoms with Crippen molar-refractivity contribution in [2.75, 3.05) is 20.0 Å². The van der Waals surface area contributed by atoms with Gasteiger partial charge < -0.3 is 15.2 Å². The fraction of sp³-hybridized carbons (Fsp3) is 0.294. The quantitative estimate of drug-likeness (QED) is 0.789. The van der Waals surface area contributed by atoms with Crippen molar-refractivity contribution >= 4 is 11.8 Å². The molecule has 0 saturated carbocycles. The van der Waals surface area contributed by atoms with E-state index in [2.05, 4.69) is 18.2 Å². The molecule has 0 unspecified atom stereocenters. The van der Waals surface area contributed by atoms with Crippen LogP contribution in [0.15, 0.2) is 47.4 Å². The summed E-state index contributed by atoms with van der Waals surface area (Å²) in [6.07, 6.45) is 2.95. The molecule has 21 heavy (non-hydrogen) atoms. The predicted molar refractivity (Wildman–Crippen MR) is 88.2 cm³/mol. The molecule has 0 saturated heterocycles. The van der Waals surface area contributed by atoms with Crippen molar-refractivity contribution < 1.29 is 9.47 Å². The van der Waals surface area contributed by atoms with Crippen molar-refractivity contribution in [1.82, 2.24) is 0 Å². The minimum Gasteiger partial charge on any atom is -0.457 e. The summed E-state index contributed by atoms with van der Waals surface area (Å²) in [6.45, 7) is 1.20. The Balaban J connectivity index is 2.14. The van der Waals surface area contributed by atoms with E-state index in [4.69, 9.17) is 15.2 Å². The number of ether oxygens (including phenoxy) is 2. The molecule has 0 aliphatic carbocycles. The van der Waals surface area contributed by atoms with Gasteiger partial charge >= 0.3 is 0 Å². The third kappa shape index (κ3) is 4.24. The number of rotatable bonds is 7. The Labute approximate surface area is 130 Å². The zero-order chi connectivity index (χ0) is 15.1. The van der Waals surface area contributed by atoms with E-state index < -0.39 is 0 Å². The monoisotopic (exact) mass is 303 g/mol. The van der Waals surface area contributed by atoms with Gasteiger partial charge in [0.1, 0.15) is 11.5 Å².